The summed E-state index contributed by atoms with van der Waals surface area (Å²) in [5.41, 5.74) is 0.0281. The van der Waals surface area contributed by atoms with Crippen LogP contribution in [0.15, 0.2) is 46.0 Å². The van der Waals surface area contributed by atoms with Crippen LogP contribution in [0.3, 0.4) is 0 Å². The molecule has 0 saturated heterocycles. The van der Waals surface area contributed by atoms with E-state index in [0.29, 0.717) is 15.5 Å². The zero-order valence-electron chi connectivity index (χ0n) is 14.8. The van der Waals surface area contributed by atoms with Crippen molar-refractivity contribution in [3.8, 4) is 5.75 Å². The first-order valence-electron chi connectivity index (χ1n) is 7.86. The van der Waals surface area contributed by atoms with Crippen LogP contribution >= 0.6 is 11.3 Å². The average Bonchev–Trinajstić information content (AvgIpc) is 3.09. The Morgan fingerprint density at radius 3 is 2.32 bits per heavy atom. The lowest BCUT2D eigenvalue weighted by Gasteiger charge is -2.22. The third-order valence-corrected chi connectivity index (χ3v) is 7.30. The number of hydrogen-bond acceptors (Lipinski definition) is 5. The van der Waals surface area contributed by atoms with Crippen LogP contribution in [-0.4, -0.2) is 28.0 Å². The lowest BCUT2D eigenvalue weighted by molar-refractivity contribution is -0.128. The number of hydrogen-bond donors (Lipinski definition) is 1. The predicted octanol–water partition coefficient (Wildman–Crippen LogP) is 3.43. The molecule has 0 bridgehead atoms. The van der Waals surface area contributed by atoms with Gasteiger partial charge in [0.25, 0.3) is 0 Å². The second kappa shape index (κ2) is 7.58. The third kappa shape index (κ3) is 4.61. The molecule has 0 fully saturated rings. The molecule has 2 aromatic rings. The van der Waals surface area contributed by atoms with E-state index in [1.165, 1.54) is 11.3 Å². The molecule has 1 heterocycles. The van der Waals surface area contributed by atoms with Crippen LogP contribution in [0, 0.1) is 5.41 Å². The molecule has 0 aliphatic heterocycles. The smallest absolute Gasteiger partial charge is 0.225 e. The van der Waals surface area contributed by atoms with Gasteiger partial charge >= 0.3 is 0 Å². The second-order valence-electron chi connectivity index (χ2n) is 6.70. The fourth-order valence-corrected chi connectivity index (χ4v) is 5.11. The summed E-state index contributed by atoms with van der Waals surface area (Å²) in [6.07, 6.45) is 0. The van der Waals surface area contributed by atoms with Crippen LogP contribution in [0.25, 0.3) is 0 Å². The summed E-state index contributed by atoms with van der Waals surface area (Å²) >= 11 is 1.17. The normalized spacial score (nSPS) is 13.3. The maximum absolute atomic E-state index is 13.0. The number of methoxy groups -OCH3 is 1. The number of sulfone groups is 1. The summed E-state index contributed by atoms with van der Waals surface area (Å²) in [4.78, 5) is 12.2. The molecule has 1 amide bonds. The number of amides is 1. The van der Waals surface area contributed by atoms with Crippen LogP contribution in [-0.2, 0) is 14.6 Å². The monoisotopic (exact) mass is 381 g/mol. The Morgan fingerprint density at radius 1 is 1.20 bits per heavy atom. The zero-order valence-corrected chi connectivity index (χ0v) is 16.4. The van der Waals surface area contributed by atoms with Gasteiger partial charge in [-0.1, -0.05) is 39.0 Å². The maximum Gasteiger partial charge on any atom is 0.225 e. The number of thiophene rings is 1. The first-order chi connectivity index (χ1) is 11.7. The topological polar surface area (TPSA) is 72.5 Å². The second-order valence-corrected chi connectivity index (χ2v) is 10.0. The minimum atomic E-state index is -3.61. The van der Waals surface area contributed by atoms with E-state index in [1.807, 2.05) is 0 Å². The molecule has 0 saturated carbocycles. The Bertz CT molecular complexity index is 804. The van der Waals surface area contributed by atoms with Gasteiger partial charge in [-0.15, -0.1) is 11.3 Å². The van der Waals surface area contributed by atoms with E-state index >= 15 is 0 Å². The molecular weight excluding hydrogens is 358 g/mol. The van der Waals surface area contributed by atoms with Crippen molar-refractivity contribution in [3.05, 3.63) is 47.3 Å². The van der Waals surface area contributed by atoms with Gasteiger partial charge in [-0.25, -0.2) is 8.42 Å². The van der Waals surface area contributed by atoms with E-state index in [0.717, 1.165) is 0 Å². The van der Waals surface area contributed by atoms with E-state index in [9.17, 15) is 13.2 Å². The molecule has 136 valence electrons. The Hall–Kier alpha value is -1.86. The van der Waals surface area contributed by atoms with Crippen molar-refractivity contribution in [1.29, 1.82) is 0 Å². The summed E-state index contributed by atoms with van der Waals surface area (Å²) in [7, 11) is -2.05. The van der Waals surface area contributed by atoms with Gasteiger partial charge in [-0.3, -0.25) is 4.79 Å². The van der Waals surface area contributed by atoms with Gasteiger partial charge in [0, 0.05) is 12.0 Å². The minimum absolute atomic E-state index is 0.0165. The fourth-order valence-electron chi connectivity index (χ4n) is 2.24. The average molecular weight is 382 g/mol. The van der Waals surface area contributed by atoms with Gasteiger partial charge in [0.1, 0.15) is 15.2 Å². The summed E-state index contributed by atoms with van der Waals surface area (Å²) in [6, 6.07) is 10.2. The van der Waals surface area contributed by atoms with Gasteiger partial charge in [-0.2, -0.15) is 0 Å². The number of rotatable bonds is 6. The van der Waals surface area contributed by atoms with Crippen molar-refractivity contribution in [3.63, 3.8) is 0 Å². The molecule has 5 nitrogen and oxygen atoms in total. The Morgan fingerprint density at radius 2 is 1.84 bits per heavy atom. The molecule has 1 N–H and O–H groups in total. The highest BCUT2D eigenvalue weighted by atomic mass is 32.2. The molecule has 1 aromatic heterocycles. The Kier molecular flexibility index (Phi) is 5.90. The lowest BCUT2D eigenvalue weighted by Crippen LogP contribution is -2.38. The first kappa shape index (κ1) is 19.5. The van der Waals surface area contributed by atoms with Crippen molar-refractivity contribution < 1.29 is 17.9 Å². The quantitative estimate of drug-likeness (QED) is 0.832. The van der Waals surface area contributed by atoms with Crippen molar-refractivity contribution in [2.45, 2.75) is 30.2 Å². The summed E-state index contributed by atoms with van der Waals surface area (Å²) < 4.78 is 31.5. The molecule has 2 rings (SSSR count). The highest BCUT2D eigenvalue weighted by Gasteiger charge is 2.32. The number of carbonyl (C=O) groups excluding carboxylic acids is 1. The third-order valence-electron chi connectivity index (χ3n) is 3.77. The summed E-state index contributed by atoms with van der Waals surface area (Å²) in [5.74, 6) is 0.460. The molecule has 7 heteroatoms. The van der Waals surface area contributed by atoms with Crippen LogP contribution in [0.2, 0.25) is 0 Å². The van der Waals surface area contributed by atoms with Crippen LogP contribution in [0.1, 0.15) is 31.6 Å². The molecule has 1 aromatic carbocycles. The van der Waals surface area contributed by atoms with Crippen molar-refractivity contribution in [2.75, 3.05) is 13.7 Å². The van der Waals surface area contributed by atoms with E-state index < -0.39 is 20.5 Å². The van der Waals surface area contributed by atoms with Gasteiger partial charge in [0.15, 0.2) is 9.84 Å². The largest absolute Gasteiger partial charge is 0.497 e. The molecular formula is C18H23NO4S2. The molecule has 0 radical (unpaired) electrons. The fraction of sp³-hybridized carbons (Fsp3) is 0.389. The first-order valence-corrected chi connectivity index (χ1v) is 10.3. The molecule has 0 unspecified atom stereocenters. The van der Waals surface area contributed by atoms with E-state index in [1.54, 1.807) is 69.7 Å². The SMILES string of the molecule is COc1ccc([C@@H](CNC(=O)C(C)(C)C)S(=O)(=O)c2cccs2)cc1. The van der Waals surface area contributed by atoms with E-state index in [2.05, 4.69) is 5.32 Å². The van der Waals surface area contributed by atoms with Crippen LogP contribution in [0.5, 0.6) is 5.75 Å². The standard InChI is InChI=1S/C18H23NO4S2/c1-18(2,3)17(20)19-12-15(13-7-9-14(23-4)10-8-13)25(21,22)16-6-5-11-24-16/h5-11,15H,12H2,1-4H3,(H,19,20)/t15-/m1/s1. The van der Waals surface area contributed by atoms with Crippen molar-refractivity contribution >= 4 is 27.1 Å². The molecule has 0 aliphatic rings. The number of nitrogens with one attached hydrogen (secondary N) is 1. The summed E-state index contributed by atoms with van der Waals surface area (Å²) in [5, 5.41) is 3.64. The van der Waals surface area contributed by atoms with Gasteiger partial charge < -0.3 is 10.1 Å². The minimum Gasteiger partial charge on any atom is -0.497 e. The predicted molar refractivity (Wildman–Crippen MR) is 99.7 cm³/mol. The van der Waals surface area contributed by atoms with Gasteiger partial charge in [0.05, 0.1) is 7.11 Å². The van der Waals surface area contributed by atoms with Crippen LogP contribution < -0.4 is 10.1 Å². The molecule has 0 spiro atoms. The lowest BCUT2D eigenvalue weighted by atomic mass is 9.95. The number of ether oxygens (including phenoxy) is 1. The highest BCUT2D eigenvalue weighted by Crippen LogP contribution is 2.32. The number of carbonyl (C=O) groups is 1. The number of benzene rings is 1. The Labute approximate surface area is 152 Å². The van der Waals surface area contributed by atoms with Gasteiger partial charge in [-0.05, 0) is 29.1 Å². The maximum atomic E-state index is 13.0. The Balaban J connectivity index is 2.36. The molecule has 25 heavy (non-hydrogen) atoms. The summed E-state index contributed by atoms with van der Waals surface area (Å²) in [6.45, 7) is 5.39. The molecule has 0 aliphatic carbocycles. The van der Waals surface area contributed by atoms with Gasteiger partial charge in [0.2, 0.25) is 5.91 Å². The van der Waals surface area contributed by atoms with Crippen molar-refractivity contribution in [1.82, 2.24) is 5.32 Å². The molecule has 1 atom stereocenters. The van der Waals surface area contributed by atoms with E-state index in [4.69, 9.17) is 4.74 Å². The van der Waals surface area contributed by atoms with Crippen LogP contribution in [0.4, 0.5) is 0 Å². The van der Waals surface area contributed by atoms with Crippen molar-refractivity contribution in [2.24, 2.45) is 5.41 Å². The zero-order chi connectivity index (χ0) is 18.7. The van der Waals surface area contributed by atoms with E-state index in [-0.39, 0.29) is 12.5 Å². The highest BCUT2D eigenvalue weighted by molar-refractivity contribution is 7.93.